The second-order valence-corrected chi connectivity index (χ2v) is 6.42. The molecule has 1 saturated carbocycles. The maximum Gasteiger partial charge on any atom is 0.157 e. The van der Waals surface area contributed by atoms with Crippen LogP contribution in [-0.4, -0.2) is 22.5 Å². The number of hydrogen-bond acceptors (Lipinski definition) is 2. The van der Waals surface area contributed by atoms with Crippen molar-refractivity contribution in [3.8, 4) is 0 Å². The molecule has 1 aliphatic heterocycles. The zero-order valence-corrected chi connectivity index (χ0v) is 10.7. The zero-order chi connectivity index (χ0) is 10.7. The summed E-state index contributed by atoms with van der Waals surface area (Å²) >= 11 is 1.90. The van der Waals surface area contributed by atoms with Gasteiger partial charge >= 0.3 is 0 Å². The molecule has 2 nitrogen and oxygen atoms in total. The smallest absolute Gasteiger partial charge is 0.157 e. The molecule has 1 saturated heterocycles. The highest BCUT2D eigenvalue weighted by atomic mass is 32.2. The lowest BCUT2D eigenvalue weighted by atomic mass is 9.96. The zero-order valence-electron chi connectivity index (χ0n) is 9.88. The predicted octanol–water partition coefficient (Wildman–Crippen LogP) is 3.18. The summed E-state index contributed by atoms with van der Waals surface area (Å²) in [5, 5.41) is 4.75. The molecule has 0 aromatic rings. The first-order valence-corrected chi connectivity index (χ1v) is 7.13. The van der Waals surface area contributed by atoms with Crippen LogP contribution in [0.4, 0.5) is 0 Å². The van der Waals surface area contributed by atoms with Gasteiger partial charge in [-0.05, 0) is 33.1 Å². The van der Waals surface area contributed by atoms with E-state index in [1.54, 1.807) is 0 Å². The van der Waals surface area contributed by atoms with Gasteiger partial charge in [-0.15, -0.1) is 0 Å². The molecule has 86 valence electrons. The number of nitrogens with one attached hydrogen (secondary N) is 1. The van der Waals surface area contributed by atoms with Gasteiger partial charge in [-0.25, -0.2) is 0 Å². The highest BCUT2D eigenvalue weighted by molar-refractivity contribution is 8.13. The van der Waals surface area contributed by atoms with Crippen molar-refractivity contribution in [2.45, 2.75) is 64.0 Å². The molecule has 1 heterocycles. The lowest BCUT2D eigenvalue weighted by molar-refractivity contribution is 0.428. The molecule has 2 aliphatic rings. The second-order valence-electron chi connectivity index (χ2n) is 5.33. The van der Waals surface area contributed by atoms with Gasteiger partial charge < -0.3 is 5.32 Å². The summed E-state index contributed by atoms with van der Waals surface area (Å²) < 4.78 is 0. The number of aliphatic imine (C=N–C) groups is 1. The summed E-state index contributed by atoms with van der Waals surface area (Å²) in [6.45, 7) is 4.53. The number of hydrogen-bond donors (Lipinski definition) is 1. The van der Waals surface area contributed by atoms with Gasteiger partial charge in [-0.1, -0.05) is 31.0 Å². The largest absolute Gasteiger partial charge is 0.360 e. The Balaban J connectivity index is 1.93. The lowest BCUT2D eigenvalue weighted by Crippen LogP contribution is -2.46. The van der Waals surface area contributed by atoms with Crippen molar-refractivity contribution < 1.29 is 0 Å². The van der Waals surface area contributed by atoms with Gasteiger partial charge in [0.05, 0.1) is 6.04 Å². The molecule has 3 heteroatoms. The SMILES string of the molecule is CC1(C)CCSC(=NC2CCCCC2)N1. The second kappa shape index (κ2) is 4.77. The van der Waals surface area contributed by atoms with E-state index < -0.39 is 0 Å². The molecule has 1 N–H and O–H groups in total. The Labute approximate surface area is 97.3 Å². The Kier molecular flexibility index (Phi) is 3.60. The van der Waals surface area contributed by atoms with Gasteiger partial charge in [0.2, 0.25) is 0 Å². The van der Waals surface area contributed by atoms with Gasteiger partial charge in [-0.2, -0.15) is 0 Å². The summed E-state index contributed by atoms with van der Waals surface area (Å²) in [4.78, 5) is 4.86. The summed E-state index contributed by atoms with van der Waals surface area (Å²) in [6.07, 6.45) is 7.98. The first-order chi connectivity index (χ1) is 7.16. The van der Waals surface area contributed by atoms with Gasteiger partial charge in [0.25, 0.3) is 0 Å². The third-order valence-corrected chi connectivity index (χ3v) is 4.17. The van der Waals surface area contributed by atoms with E-state index in [9.17, 15) is 0 Å². The molecular weight excluding hydrogens is 204 g/mol. The highest BCUT2D eigenvalue weighted by Crippen LogP contribution is 2.25. The average molecular weight is 226 g/mol. The van der Waals surface area contributed by atoms with E-state index in [1.807, 2.05) is 11.8 Å². The Morgan fingerprint density at radius 3 is 2.67 bits per heavy atom. The van der Waals surface area contributed by atoms with Crippen LogP contribution in [-0.2, 0) is 0 Å². The van der Waals surface area contributed by atoms with Gasteiger partial charge in [0.15, 0.2) is 5.17 Å². The summed E-state index contributed by atoms with van der Waals surface area (Å²) in [5.41, 5.74) is 0.249. The third-order valence-electron chi connectivity index (χ3n) is 3.29. The molecule has 0 amide bonds. The summed E-state index contributed by atoms with van der Waals surface area (Å²) in [5.74, 6) is 1.21. The fraction of sp³-hybridized carbons (Fsp3) is 0.917. The molecule has 0 radical (unpaired) electrons. The molecule has 2 fully saturated rings. The third kappa shape index (κ3) is 3.40. The Morgan fingerprint density at radius 2 is 2.00 bits per heavy atom. The first-order valence-electron chi connectivity index (χ1n) is 6.14. The van der Waals surface area contributed by atoms with Crippen LogP contribution in [0.1, 0.15) is 52.4 Å². The molecule has 15 heavy (non-hydrogen) atoms. The van der Waals surface area contributed by atoms with Crippen LogP contribution in [0.25, 0.3) is 0 Å². The van der Waals surface area contributed by atoms with Crippen LogP contribution < -0.4 is 5.32 Å². The quantitative estimate of drug-likeness (QED) is 0.742. The maximum atomic E-state index is 4.86. The average Bonchev–Trinajstić information content (AvgIpc) is 2.17. The molecule has 0 aromatic carbocycles. The van der Waals surface area contributed by atoms with Crippen LogP contribution in [0.2, 0.25) is 0 Å². The lowest BCUT2D eigenvalue weighted by Gasteiger charge is -2.33. The minimum atomic E-state index is 0.249. The van der Waals surface area contributed by atoms with Crippen molar-refractivity contribution in [1.82, 2.24) is 5.32 Å². The van der Waals surface area contributed by atoms with Gasteiger partial charge in [0.1, 0.15) is 0 Å². The van der Waals surface area contributed by atoms with E-state index in [4.69, 9.17) is 4.99 Å². The summed E-state index contributed by atoms with van der Waals surface area (Å²) in [7, 11) is 0. The molecule has 2 rings (SSSR count). The van der Waals surface area contributed by atoms with E-state index in [2.05, 4.69) is 19.2 Å². The molecule has 0 unspecified atom stereocenters. The number of rotatable bonds is 1. The number of amidine groups is 1. The molecular formula is C12H22N2S. The van der Waals surface area contributed by atoms with Crippen molar-refractivity contribution in [2.24, 2.45) is 4.99 Å². The molecule has 0 bridgehead atoms. The standard InChI is InChI=1S/C12H22N2S/c1-12(2)8-9-15-11(14-12)13-10-6-4-3-5-7-10/h10H,3-9H2,1-2H3,(H,13,14). The van der Waals surface area contributed by atoms with Crippen molar-refractivity contribution in [3.63, 3.8) is 0 Å². The topological polar surface area (TPSA) is 24.4 Å². The van der Waals surface area contributed by atoms with Gasteiger partial charge in [0, 0.05) is 11.3 Å². The van der Waals surface area contributed by atoms with E-state index in [1.165, 1.54) is 49.4 Å². The monoisotopic (exact) mass is 226 g/mol. The maximum absolute atomic E-state index is 4.86. The normalized spacial score (nSPS) is 30.1. The number of nitrogens with zero attached hydrogens (tertiary/aromatic N) is 1. The van der Waals surface area contributed by atoms with Crippen molar-refractivity contribution >= 4 is 16.9 Å². The first kappa shape index (κ1) is 11.3. The van der Waals surface area contributed by atoms with Crippen LogP contribution in [0.5, 0.6) is 0 Å². The molecule has 1 aliphatic carbocycles. The highest BCUT2D eigenvalue weighted by Gasteiger charge is 2.25. The molecule has 0 aromatic heterocycles. The predicted molar refractivity (Wildman–Crippen MR) is 68.6 cm³/mol. The molecule has 0 spiro atoms. The van der Waals surface area contributed by atoms with Crippen molar-refractivity contribution in [3.05, 3.63) is 0 Å². The van der Waals surface area contributed by atoms with Crippen molar-refractivity contribution in [1.29, 1.82) is 0 Å². The Hall–Kier alpha value is -0.180. The fourth-order valence-corrected chi connectivity index (χ4v) is 3.61. The summed E-state index contributed by atoms with van der Waals surface area (Å²) in [6, 6.07) is 0.600. The van der Waals surface area contributed by atoms with E-state index in [0.717, 1.165) is 0 Å². The number of thioether (sulfide) groups is 1. The minimum Gasteiger partial charge on any atom is -0.360 e. The fourth-order valence-electron chi connectivity index (χ4n) is 2.24. The van der Waals surface area contributed by atoms with Crippen LogP contribution >= 0.6 is 11.8 Å². The molecule has 0 atom stereocenters. The van der Waals surface area contributed by atoms with E-state index in [-0.39, 0.29) is 5.54 Å². The van der Waals surface area contributed by atoms with E-state index >= 15 is 0 Å². The van der Waals surface area contributed by atoms with Crippen LogP contribution in [0, 0.1) is 0 Å². The minimum absolute atomic E-state index is 0.249. The van der Waals surface area contributed by atoms with Crippen LogP contribution in [0.15, 0.2) is 4.99 Å². The van der Waals surface area contributed by atoms with Crippen LogP contribution in [0.3, 0.4) is 0 Å². The Morgan fingerprint density at radius 1 is 1.27 bits per heavy atom. The van der Waals surface area contributed by atoms with Gasteiger partial charge in [-0.3, -0.25) is 4.99 Å². The van der Waals surface area contributed by atoms with Crippen molar-refractivity contribution in [2.75, 3.05) is 5.75 Å². The van der Waals surface area contributed by atoms with E-state index in [0.29, 0.717) is 6.04 Å². The Bertz CT molecular complexity index is 242.